The van der Waals surface area contributed by atoms with E-state index in [1.165, 1.54) is 5.69 Å². The monoisotopic (exact) mass is 258 g/mol. The summed E-state index contributed by atoms with van der Waals surface area (Å²) in [6.45, 7) is 4.25. The van der Waals surface area contributed by atoms with Gasteiger partial charge in [-0.2, -0.15) is 0 Å². The minimum atomic E-state index is 0.363. The van der Waals surface area contributed by atoms with Crippen molar-refractivity contribution in [2.75, 3.05) is 24.7 Å². The molecular weight excluding hydrogens is 236 g/mol. The molecule has 1 heterocycles. The van der Waals surface area contributed by atoms with Crippen molar-refractivity contribution in [3.63, 3.8) is 0 Å². The molecule has 4 nitrogen and oxygen atoms in total. The lowest BCUT2D eigenvalue weighted by Crippen LogP contribution is -2.08. The quantitative estimate of drug-likeness (QED) is 0.921. The molecule has 2 rings (SSSR count). The van der Waals surface area contributed by atoms with Gasteiger partial charge in [-0.3, -0.25) is 0 Å². The molecule has 0 fully saturated rings. The fraction of sp³-hybridized carbons (Fsp3) is 0.400. The van der Waals surface area contributed by atoms with Crippen LogP contribution in [0.3, 0.4) is 0 Å². The highest BCUT2D eigenvalue weighted by Crippen LogP contribution is 2.29. The highest BCUT2D eigenvalue weighted by atomic mass is 15.1. The van der Waals surface area contributed by atoms with Gasteiger partial charge in [0.25, 0.3) is 0 Å². The molecule has 4 heteroatoms. The van der Waals surface area contributed by atoms with Crippen LogP contribution in [0, 0.1) is 0 Å². The van der Waals surface area contributed by atoms with E-state index in [-0.39, 0.29) is 0 Å². The van der Waals surface area contributed by atoms with E-state index in [4.69, 9.17) is 5.73 Å². The molecule has 0 aliphatic rings. The summed E-state index contributed by atoms with van der Waals surface area (Å²) in [5, 5.41) is 0. The number of imidazole rings is 1. The molecule has 0 aliphatic carbocycles. The third-order valence-electron chi connectivity index (χ3n) is 3.35. The van der Waals surface area contributed by atoms with Crippen LogP contribution in [0.1, 0.15) is 25.6 Å². The van der Waals surface area contributed by atoms with Crippen molar-refractivity contribution in [3.8, 4) is 11.3 Å². The van der Waals surface area contributed by atoms with Crippen molar-refractivity contribution < 1.29 is 0 Å². The number of aromatic nitrogens is 2. The molecule has 19 heavy (non-hydrogen) atoms. The van der Waals surface area contributed by atoms with Crippen LogP contribution in [0.5, 0.6) is 0 Å². The zero-order valence-corrected chi connectivity index (χ0v) is 12.3. The van der Waals surface area contributed by atoms with Gasteiger partial charge in [0, 0.05) is 38.3 Å². The maximum absolute atomic E-state index is 6.16. The maximum Gasteiger partial charge on any atom is 0.131 e. The predicted octanol–water partition coefficient (Wildman–Crippen LogP) is 2.86. The van der Waals surface area contributed by atoms with Gasteiger partial charge in [-0.15, -0.1) is 0 Å². The summed E-state index contributed by atoms with van der Waals surface area (Å²) in [5.41, 5.74) is 9.26. The van der Waals surface area contributed by atoms with Gasteiger partial charge < -0.3 is 15.2 Å². The van der Waals surface area contributed by atoms with E-state index >= 15 is 0 Å². The molecule has 102 valence electrons. The summed E-state index contributed by atoms with van der Waals surface area (Å²) in [4.78, 5) is 6.75. The Balaban J connectivity index is 2.44. The summed E-state index contributed by atoms with van der Waals surface area (Å²) in [7, 11) is 6.03. The zero-order chi connectivity index (χ0) is 14.2. The first-order valence-electron chi connectivity index (χ1n) is 6.51. The number of hydrogen-bond acceptors (Lipinski definition) is 3. The van der Waals surface area contributed by atoms with Crippen LogP contribution in [-0.2, 0) is 7.05 Å². The van der Waals surface area contributed by atoms with Crippen LogP contribution in [0.25, 0.3) is 11.3 Å². The summed E-state index contributed by atoms with van der Waals surface area (Å²) in [5.74, 6) is 2.10. The van der Waals surface area contributed by atoms with Crippen LogP contribution < -0.4 is 10.6 Å². The van der Waals surface area contributed by atoms with Gasteiger partial charge in [-0.25, -0.2) is 4.98 Å². The molecule has 0 radical (unpaired) electrons. The van der Waals surface area contributed by atoms with Gasteiger partial charge in [0.15, 0.2) is 0 Å². The molecule has 1 aromatic heterocycles. The lowest BCUT2D eigenvalue weighted by Gasteiger charge is -2.12. The lowest BCUT2D eigenvalue weighted by molar-refractivity contribution is 0.715. The Hall–Kier alpha value is -1.97. The molecule has 1 aromatic carbocycles. The maximum atomic E-state index is 6.16. The second-order valence-electron chi connectivity index (χ2n) is 5.36. The molecule has 0 bridgehead atoms. The van der Waals surface area contributed by atoms with Crippen LogP contribution in [0.2, 0.25) is 0 Å². The zero-order valence-electron chi connectivity index (χ0n) is 12.3. The summed E-state index contributed by atoms with van der Waals surface area (Å²) >= 11 is 0. The average molecular weight is 258 g/mol. The Morgan fingerprint density at radius 2 is 1.74 bits per heavy atom. The largest absolute Gasteiger partial charge is 0.383 e. The van der Waals surface area contributed by atoms with E-state index in [9.17, 15) is 0 Å². The minimum Gasteiger partial charge on any atom is -0.383 e. The first-order chi connectivity index (χ1) is 8.91. The first-order valence-corrected chi connectivity index (χ1v) is 6.51. The second-order valence-corrected chi connectivity index (χ2v) is 5.36. The highest BCUT2D eigenvalue weighted by molar-refractivity contribution is 5.72. The van der Waals surface area contributed by atoms with Crippen molar-refractivity contribution in [1.82, 2.24) is 9.55 Å². The summed E-state index contributed by atoms with van der Waals surface area (Å²) in [6.07, 6.45) is 0. The fourth-order valence-electron chi connectivity index (χ4n) is 2.18. The number of nitrogens with two attached hydrogens (primary N) is 1. The number of rotatable bonds is 3. The Bertz CT molecular complexity index is 565. The van der Waals surface area contributed by atoms with Crippen molar-refractivity contribution in [1.29, 1.82) is 0 Å². The summed E-state index contributed by atoms with van der Waals surface area (Å²) < 4.78 is 1.97. The molecule has 0 unspecified atom stereocenters. The number of anilines is 2. The standard InChI is InChI=1S/C15H22N4/c1-10(2)15-17-13(14(16)19(15)5)11-6-8-12(9-7-11)18(3)4/h6-10H,16H2,1-5H3. The van der Waals surface area contributed by atoms with E-state index in [1.54, 1.807) is 0 Å². The lowest BCUT2D eigenvalue weighted by atomic mass is 10.1. The second kappa shape index (κ2) is 4.96. The van der Waals surface area contributed by atoms with Crippen LogP contribution in [0.15, 0.2) is 24.3 Å². The van der Waals surface area contributed by atoms with Gasteiger partial charge in [0.2, 0.25) is 0 Å². The van der Waals surface area contributed by atoms with Crippen LogP contribution in [0.4, 0.5) is 11.5 Å². The Morgan fingerprint density at radius 3 is 2.16 bits per heavy atom. The third-order valence-corrected chi connectivity index (χ3v) is 3.35. The molecule has 0 atom stereocenters. The van der Waals surface area contributed by atoms with Gasteiger partial charge in [0.1, 0.15) is 17.3 Å². The van der Waals surface area contributed by atoms with Crippen molar-refractivity contribution in [2.24, 2.45) is 7.05 Å². The Kier molecular flexibility index (Phi) is 3.51. The van der Waals surface area contributed by atoms with Gasteiger partial charge in [0.05, 0.1) is 0 Å². The molecule has 0 spiro atoms. The van der Waals surface area contributed by atoms with E-state index in [2.05, 4.69) is 48.0 Å². The minimum absolute atomic E-state index is 0.363. The van der Waals surface area contributed by atoms with Crippen LogP contribution >= 0.6 is 0 Å². The third kappa shape index (κ3) is 2.43. The Labute approximate surface area is 114 Å². The van der Waals surface area contributed by atoms with E-state index in [1.807, 2.05) is 25.7 Å². The number of hydrogen-bond donors (Lipinski definition) is 1. The van der Waals surface area contributed by atoms with Gasteiger partial charge >= 0.3 is 0 Å². The number of nitrogens with zero attached hydrogens (tertiary/aromatic N) is 3. The Morgan fingerprint density at radius 1 is 1.16 bits per heavy atom. The molecule has 2 aromatic rings. The topological polar surface area (TPSA) is 47.1 Å². The predicted molar refractivity (Wildman–Crippen MR) is 81.5 cm³/mol. The average Bonchev–Trinajstić information content (AvgIpc) is 2.67. The molecule has 2 N–H and O–H groups in total. The van der Waals surface area contributed by atoms with E-state index in [0.717, 1.165) is 22.9 Å². The molecule has 0 amide bonds. The SMILES string of the molecule is CC(C)c1nc(-c2ccc(N(C)C)cc2)c(N)n1C. The number of benzene rings is 1. The van der Waals surface area contributed by atoms with Crippen molar-refractivity contribution >= 4 is 11.5 Å². The number of nitrogen functional groups attached to an aromatic ring is 1. The van der Waals surface area contributed by atoms with Crippen molar-refractivity contribution in [3.05, 3.63) is 30.1 Å². The summed E-state index contributed by atoms with van der Waals surface area (Å²) in [6, 6.07) is 8.30. The molecule has 0 saturated heterocycles. The molecule has 0 saturated carbocycles. The molecular formula is C15H22N4. The molecule has 0 aliphatic heterocycles. The fourth-order valence-corrected chi connectivity index (χ4v) is 2.18. The van der Waals surface area contributed by atoms with E-state index in [0.29, 0.717) is 5.92 Å². The first kappa shape index (κ1) is 13.5. The van der Waals surface area contributed by atoms with Gasteiger partial charge in [-0.1, -0.05) is 26.0 Å². The van der Waals surface area contributed by atoms with Gasteiger partial charge in [-0.05, 0) is 12.1 Å². The smallest absolute Gasteiger partial charge is 0.131 e. The van der Waals surface area contributed by atoms with E-state index < -0.39 is 0 Å². The normalized spacial score (nSPS) is 11.1. The van der Waals surface area contributed by atoms with Crippen LogP contribution in [-0.4, -0.2) is 23.6 Å². The highest BCUT2D eigenvalue weighted by Gasteiger charge is 2.15. The van der Waals surface area contributed by atoms with Crippen molar-refractivity contribution in [2.45, 2.75) is 19.8 Å².